The van der Waals surface area contributed by atoms with Crippen LogP contribution in [0.1, 0.15) is 83.8 Å². The van der Waals surface area contributed by atoms with Gasteiger partial charge in [-0.2, -0.15) is 25.3 Å². The number of aliphatic hydroxyl groups is 4. The number of pyridine rings is 6. The van der Waals surface area contributed by atoms with Crippen LogP contribution in [0, 0.1) is 34.6 Å². The van der Waals surface area contributed by atoms with Crippen molar-refractivity contribution in [3.05, 3.63) is 246 Å². The standard InChI is InChI=1S/C19H16FN5O3.C16H18O6S2.C11H8N4O2.C9H11FO3S.C8H9ClFNO.C8H10FNO2.C6H7NO2.C2H6O2/c1-12-6-16(24-11-23-12)19-25-17-7-15(9-22-18(17)28-19)27-10-13-2-3-14(8-21-13)26-5-4-20;1-13-3-7-15(8-4-13)23(17,18)21-11-12-22-24(19,20)16-9-5-14(2)6-10-16;1-6-2-8(14-5-13-6)11-15-9-3-7(16)4-12-10(9)17-11;1-8-2-4-9(5-3-8)14(11,12)13-7-6-10;9-5-7-1-2-8(6-11-7)12-4-3-10;9-3-4-12-8-2-1-7(6-11)10-5-8;8-4-5-1-2-6(9)3-7-5;3-1-2-4/h2-3,6-9,11H,4-5,10H2,1H3;3-10H,11-12H2,1-2H3;2-5,16H,1H3;2-5H,6-7H2,1H3;1-2,6H,3-5H2;1-2,5,11H,3-4,6H2;1-3,8-9H,4H2;3-4H,1-2H2/i4D2,5D2;11D2,12D2;;6D2,7D2;2*3D2,4D2;;1D2,2D2. The maximum absolute atomic E-state index is 13.2. The average molecular weight is 1770 g/mol. The molecule has 0 bridgehead atoms. The van der Waals surface area contributed by atoms with Gasteiger partial charge in [-0.05, 0) is 132 Å². The summed E-state index contributed by atoms with van der Waals surface area (Å²) in [7, 11) is -14.0. The molecule has 10 heterocycles. The lowest BCUT2D eigenvalue weighted by Crippen LogP contribution is -2.15. The summed E-state index contributed by atoms with van der Waals surface area (Å²) in [6, 6.07) is 33.6. The van der Waals surface area contributed by atoms with E-state index in [1.54, 1.807) is 45.0 Å². The molecule has 3 aromatic carbocycles. The number of rotatable bonds is 29. The molecule has 10 aromatic heterocycles. The first kappa shape index (κ1) is 65.9. The molecule has 41 heteroatoms. The number of benzene rings is 3. The summed E-state index contributed by atoms with van der Waals surface area (Å²) in [6.45, 7) is -32.9. The van der Waals surface area contributed by atoms with Gasteiger partial charge in [-0.15, -0.1) is 11.6 Å². The molecule has 13 aromatic rings. The van der Waals surface area contributed by atoms with Crippen molar-refractivity contribution in [3.63, 3.8) is 0 Å². The maximum Gasteiger partial charge on any atom is 0.297 e. The third-order valence-corrected chi connectivity index (χ3v) is 17.4. The minimum absolute atomic E-state index is 0.0521. The molecule has 0 amide bonds. The van der Waals surface area contributed by atoms with Crippen LogP contribution in [0.25, 0.3) is 45.6 Å². The number of fused-ring (bicyclic) bond motifs is 2. The second-order valence-electron chi connectivity index (χ2n) is 22.4. The molecule has 0 fully saturated rings. The van der Waals surface area contributed by atoms with E-state index in [-0.39, 0.29) is 59.3 Å². The summed E-state index contributed by atoms with van der Waals surface area (Å²) in [6.07, 6.45) is 10.3. The Morgan fingerprint density at radius 1 is 0.383 bits per heavy atom. The Kier molecular flexibility index (Phi) is 28.2. The molecule has 6 N–H and O–H groups in total. The summed E-state index contributed by atoms with van der Waals surface area (Å²) in [5, 5.41) is 51.3. The fourth-order valence-electron chi connectivity index (χ4n) is 8.11. The van der Waals surface area contributed by atoms with Gasteiger partial charge in [-0.1, -0.05) is 53.1 Å². The monoisotopic (exact) mass is 1770 g/mol. The lowest BCUT2D eigenvalue weighted by molar-refractivity contribution is 0.186. The Morgan fingerprint density at radius 2 is 0.742 bits per heavy atom. The summed E-state index contributed by atoms with van der Waals surface area (Å²) in [5.74, 6) is 1.14. The first-order valence-corrected chi connectivity index (χ1v) is 37.8. The number of aromatic nitrogens is 12. The molecule has 0 aliphatic rings. The molecule has 0 saturated carbocycles. The molecule has 0 spiro atoms. The SMILES string of the molecule is Cc1cc(-c2nc3cc(O)cnc3o2)ncn1.OCc1ccc(O)cn1.[2H]C([2H])(F)C([2H])([2H])OS(=O)(=O)c1ccc(C)cc1.[2H]C([2H])(F)C([2H])([2H])Oc1ccc(CCl)nc1.[2H]C([2H])(F)C([2H])([2H])Oc1ccc(CO)nc1.[2H]C([2H])(F)C([2H])([2H])Oc1ccc(COc2cnc3oc(-c4cc(C)ncn4)nc3c2)nc1.[2H]C([2H])(O)C([2H])([2H])O.[2H]C([2H])(OS(=O)(=O)c1ccc(C)cc1)C([2H])([2H])OS(=O)(=O)c1ccc(C)cc1. The molecule has 0 atom stereocenters. The van der Waals surface area contributed by atoms with Crippen molar-refractivity contribution >= 4 is 64.4 Å². The van der Waals surface area contributed by atoms with E-state index < -0.39 is 119 Å². The van der Waals surface area contributed by atoms with Crippen LogP contribution in [0.3, 0.4) is 0 Å². The van der Waals surface area contributed by atoms with E-state index in [0.717, 1.165) is 83.1 Å². The lowest BCUT2D eigenvalue weighted by atomic mass is 10.2. The van der Waals surface area contributed by atoms with Gasteiger partial charge in [-0.3, -0.25) is 32.5 Å². The molecule has 0 aliphatic heterocycles. The topological polar surface area (TPSA) is 469 Å². The van der Waals surface area contributed by atoms with Crippen molar-refractivity contribution in [1.82, 2.24) is 59.8 Å². The zero-order valence-electron chi connectivity index (χ0n) is 86.6. The quantitative estimate of drug-likeness (QED) is 0.0144. The average Bonchev–Trinajstić information content (AvgIpc) is 1.17. The van der Waals surface area contributed by atoms with Crippen molar-refractivity contribution in [3.8, 4) is 57.7 Å². The highest BCUT2D eigenvalue weighted by atomic mass is 35.5. The largest absolute Gasteiger partial charge is 0.506 e. The zero-order chi connectivity index (χ0) is 109. The van der Waals surface area contributed by atoms with E-state index in [2.05, 4.69) is 81.8 Å². The predicted octanol–water partition coefficient (Wildman–Crippen LogP) is 11.4. The van der Waals surface area contributed by atoms with Gasteiger partial charge in [0.25, 0.3) is 30.4 Å². The van der Waals surface area contributed by atoms with E-state index in [1.165, 1.54) is 116 Å². The van der Waals surface area contributed by atoms with Crippen molar-refractivity contribution < 1.29 is 147 Å². The Morgan fingerprint density at radius 3 is 1.10 bits per heavy atom. The van der Waals surface area contributed by atoms with Gasteiger partial charge >= 0.3 is 0 Å². The van der Waals surface area contributed by atoms with Crippen molar-refractivity contribution in [2.75, 3.05) is 79.0 Å². The highest BCUT2D eigenvalue weighted by Crippen LogP contribution is 2.27. The minimum Gasteiger partial charge on any atom is -0.506 e. The Bertz CT molecular complexity index is 6570. The number of aryl methyl sites for hydroxylation is 5. The number of hydrogen-bond donors (Lipinski definition) is 6. The number of halogens is 5. The van der Waals surface area contributed by atoms with Crippen molar-refractivity contribution in [1.29, 1.82) is 0 Å². The highest BCUT2D eigenvalue weighted by Gasteiger charge is 2.20. The number of ether oxygens (including phenoxy) is 4. The minimum atomic E-state index is -4.73. The first-order chi connectivity index (χ1) is 66.0. The maximum atomic E-state index is 13.2. The number of aromatic hydroxyl groups is 2. The fraction of sp³-hybridized carbons (Fsp3) is 0.266. The van der Waals surface area contributed by atoms with Gasteiger partial charge in [0.05, 0.1) is 159 Å². The van der Waals surface area contributed by atoms with Gasteiger partial charge in [0, 0.05) is 23.5 Å². The molecular weight excluding hydrogens is 1660 g/mol. The Labute approximate surface area is 726 Å². The molecule has 33 nitrogen and oxygen atoms in total. The summed E-state index contributed by atoms with van der Waals surface area (Å²) >= 11 is 5.49. The molecule has 0 unspecified atom stereocenters. The van der Waals surface area contributed by atoms with E-state index >= 15 is 0 Å². The molecule has 640 valence electrons. The van der Waals surface area contributed by atoms with Crippen LogP contribution in [0.5, 0.6) is 34.5 Å². The van der Waals surface area contributed by atoms with E-state index in [1.807, 2.05) is 13.8 Å². The van der Waals surface area contributed by atoms with E-state index in [0.29, 0.717) is 74.2 Å². The van der Waals surface area contributed by atoms with E-state index in [9.17, 15) is 47.9 Å². The summed E-state index contributed by atoms with van der Waals surface area (Å²) in [5.41, 5.74) is 8.59. The van der Waals surface area contributed by atoms with Crippen LogP contribution in [0.4, 0.5) is 17.6 Å². The Hall–Kier alpha value is -12.0. The summed E-state index contributed by atoms with van der Waals surface area (Å²) < 4.78 is 332. The lowest BCUT2D eigenvalue weighted by Gasteiger charge is -2.08. The van der Waals surface area contributed by atoms with Crippen LogP contribution in [-0.4, -0.2) is 195 Å². The number of alkyl halides is 5. The number of nitrogens with zero attached hydrogens (tertiary/aromatic N) is 12. The number of oxazole rings is 2. The second kappa shape index (κ2) is 51.4. The third kappa shape index (κ3) is 34.5. The van der Waals surface area contributed by atoms with Crippen LogP contribution in [0.15, 0.2) is 219 Å². The zero-order valence-corrected chi connectivity index (χ0v) is 65.8. The van der Waals surface area contributed by atoms with Crippen molar-refractivity contribution in [2.24, 2.45) is 0 Å². The summed E-state index contributed by atoms with van der Waals surface area (Å²) in [4.78, 5) is 46.9. The van der Waals surface area contributed by atoms with Gasteiger partial charge < -0.3 is 58.4 Å². The first-order valence-electron chi connectivity index (χ1n) is 45.1. The molecule has 13 rings (SSSR count). The molecule has 0 aliphatic carbocycles. The number of aliphatic hydroxyl groups excluding tert-OH is 2. The van der Waals surface area contributed by atoms with Gasteiger partial charge in [0.2, 0.25) is 23.2 Å². The second-order valence-corrected chi connectivity index (χ2v) is 27.3. The van der Waals surface area contributed by atoms with Crippen LogP contribution >= 0.6 is 11.6 Å². The highest BCUT2D eigenvalue weighted by molar-refractivity contribution is 7.87. The normalized spacial score (nSPS) is 15.2. The van der Waals surface area contributed by atoms with Crippen LogP contribution in [-0.2, 0) is 68.6 Å². The smallest absolute Gasteiger partial charge is 0.297 e. The molecule has 120 heavy (non-hydrogen) atoms. The van der Waals surface area contributed by atoms with Crippen molar-refractivity contribution in [2.45, 2.75) is 75.0 Å². The third-order valence-electron chi connectivity index (χ3n) is 13.7. The molecule has 0 radical (unpaired) electrons. The van der Waals surface area contributed by atoms with Crippen LogP contribution in [0.2, 0.25) is 0 Å². The number of hydrogen-bond acceptors (Lipinski definition) is 33. The van der Waals surface area contributed by atoms with Crippen LogP contribution < -0.4 is 18.9 Å². The molecule has 0 saturated heterocycles. The van der Waals surface area contributed by atoms with Gasteiger partial charge in [0.1, 0.15) is 122 Å². The molecular formula is C79H85ClF4N12O21S3. The Balaban J connectivity index is 0.000000260. The van der Waals surface area contributed by atoms with Gasteiger partial charge in [0.15, 0.2) is 0 Å². The predicted molar refractivity (Wildman–Crippen MR) is 429 cm³/mol. The van der Waals surface area contributed by atoms with E-state index in [4.69, 9.17) is 88.3 Å². The van der Waals surface area contributed by atoms with Gasteiger partial charge in [-0.25, -0.2) is 57.4 Å². The fourth-order valence-corrected chi connectivity index (χ4v) is 10.4.